The molecule has 0 saturated heterocycles. The molecule has 0 bridgehead atoms. The standard InChI is InChI=1S/C23H38O4/c1-5-6-16-23(2,3)17-15-18(24)11-8-7-9-12-20(22(26)27-4)19-13-10-14-21(19)25/h7-8,19-20H,5-6,9-17H2,1-4H3/t19-,20+/m1/s1. The Morgan fingerprint density at radius 2 is 2.00 bits per heavy atom. The van der Waals surface area contributed by atoms with Gasteiger partial charge in [0.25, 0.3) is 0 Å². The molecule has 1 fully saturated rings. The molecular formula is C23H38O4. The Labute approximate surface area is 165 Å². The van der Waals surface area contributed by atoms with Gasteiger partial charge in [-0.25, -0.2) is 0 Å². The maximum absolute atomic E-state index is 12.1. The maximum atomic E-state index is 12.1. The largest absolute Gasteiger partial charge is 0.469 e. The Kier molecular flexibility index (Phi) is 10.6. The van der Waals surface area contributed by atoms with E-state index in [0.29, 0.717) is 32.1 Å². The predicted molar refractivity (Wildman–Crippen MR) is 108 cm³/mol. The predicted octanol–water partition coefficient (Wildman–Crippen LogP) is 5.44. The van der Waals surface area contributed by atoms with Crippen LogP contribution in [0.15, 0.2) is 12.2 Å². The number of Topliss-reactive ketones (excluding diaryl/α,β-unsaturated/α-hetero) is 2. The van der Waals surface area contributed by atoms with Crippen molar-refractivity contribution in [3.8, 4) is 0 Å². The van der Waals surface area contributed by atoms with Crippen LogP contribution in [-0.2, 0) is 19.1 Å². The van der Waals surface area contributed by atoms with Crippen LogP contribution in [0.1, 0.15) is 91.4 Å². The first kappa shape index (κ1) is 23.6. The molecule has 154 valence electrons. The summed E-state index contributed by atoms with van der Waals surface area (Å²) in [5.74, 6) is -0.349. The second-order valence-electron chi connectivity index (χ2n) is 8.65. The van der Waals surface area contributed by atoms with E-state index in [9.17, 15) is 14.4 Å². The fraction of sp³-hybridized carbons (Fsp3) is 0.783. The van der Waals surface area contributed by atoms with E-state index in [0.717, 1.165) is 19.3 Å². The number of carbonyl (C=O) groups is 3. The molecule has 27 heavy (non-hydrogen) atoms. The molecular weight excluding hydrogens is 340 g/mol. The zero-order chi connectivity index (χ0) is 20.3. The van der Waals surface area contributed by atoms with Crippen molar-refractivity contribution in [3.05, 3.63) is 12.2 Å². The zero-order valence-corrected chi connectivity index (χ0v) is 17.7. The van der Waals surface area contributed by atoms with Crippen LogP contribution >= 0.6 is 0 Å². The molecule has 0 aromatic heterocycles. The molecule has 0 amide bonds. The van der Waals surface area contributed by atoms with Crippen LogP contribution < -0.4 is 0 Å². The lowest BCUT2D eigenvalue weighted by Gasteiger charge is -2.23. The third-order valence-corrected chi connectivity index (χ3v) is 5.79. The number of carbonyl (C=O) groups excluding carboxylic acids is 3. The Balaban J connectivity index is 2.34. The van der Waals surface area contributed by atoms with Crippen LogP contribution in [-0.4, -0.2) is 24.6 Å². The number of allylic oxidation sites excluding steroid dienone is 2. The molecule has 0 spiro atoms. The third kappa shape index (κ3) is 8.85. The summed E-state index contributed by atoms with van der Waals surface area (Å²) >= 11 is 0. The highest BCUT2D eigenvalue weighted by Crippen LogP contribution is 2.32. The van der Waals surface area contributed by atoms with Crippen molar-refractivity contribution in [1.29, 1.82) is 0 Å². The Hall–Kier alpha value is -1.45. The van der Waals surface area contributed by atoms with Crippen LogP contribution in [0.2, 0.25) is 0 Å². The Morgan fingerprint density at radius 3 is 2.59 bits per heavy atom. The number of hydrogen-bond donors (Lipinski definition) is 0. The summed E-state index contributed by atoms with van der Waals surface area (Å²) in [6.07, 6.45) is 13.0. The van der Waals surface area contributed by atoms with E-state index in [1.165, 1.54) is 26.4 Å². The molecule has 1 rings (SSSR count). The maximum Gasteiger partial charge on any atom is 0.309 e. The minimum Gasteiger partial charge on any atom is -0.469 e. The number of rotatable bonds is 13. The van der Waals surface area contributed by atoms with Gasteiger partial charge in [-0.15, -0.1) is 0 Å². The minimum absolute atomic E-state index is 0.183. The van der Waals surface area contributed by atoms with Crippen LogP contribution in [0.4, 0.5) is 0 Å². The van der Waals surface area contributed by atoms with Crippen molar-refractivity contribution in [3.63, 3.8) is 0 Å². The molecule has 4 nitrogen and oxygen atoms in total. The summed E-state index contributed by atoms with van der Waals surface area (Å²) < 4.78 is 4.89. The number of ketones is 2. The van der Waals surface area contributed by atoms with Crippen molar-refractivity contribution < 1.29 is 19.1 Å². The first-order valence-electron chi connectivity index (χ1n) is 10.6. The number of methoxy groups -OCH3 is 1. The van der Waals surface area contributed by atoms with E-state index in [-0.39, 0.29) is 34.8 Å². The first-order valence-corrected chi connectivity index (χ1v) is 10.6. The molecule has 1 saturated carbocycles. The summed E-state index contributed by atoms with van der Waals surface area (Å²) in [6, 6.07) is 0. The fourth-order valence-corrected chi connectivity index (χ4v) is 3.87. The van der Waals surface area contributed by atoms with Gasteiger partial charge in [-0.3, -0.25) is 14.4 Å². The van der Waals surface area contributed by atoms with Crippen LogP contribution in [0.25, 0.3) is 0 Å². The highest BCUT2D eigenvalue weighted by atomic mass is 16.5. The highest BCUT2D eigenvalue weighted by Gasteiger charge is 2.36. The normalized spacial score (nSPS) is 18.8. The molecule has 0 aromatic carbocycles. The summed E-state index contributed by atoms with van der Waals surface area (Å²) in [5, 5.41) is 0. The molecule has 0 radical (unpaired) electrons. The van der Waals surface area contributed by atoms with E-state index >= 15 is 0 Å². The summed E-state index contributed by atoms with van der Waals surface area (Å²) in [4.78, 5) is 36.1. The summed E-state index contributed by atoms with van der Waals surface area (Å²) in [5.41, 5.74) is 0.233. The van der Waals surface area contributed by atoms with Crippen molar-refractivity contribution in [2.24, 2.45) is 17.3 Å². The van der Waals surface area contributed by atoms with Crippen LogP contribution in [0.3, 0.4) is 0 Å². The van der Waals surface area contributed by atoms with Crippen molar-refractivity contribution in [2.45, 2.75) is 91.4 Å². The number of unbranched alkanes of at least 4 members (excludes halogenated alkanes) is 1. The second kappa shape index (κ2) is 12.1. The van der Waals surface area contributed by atoms with E-state index in [2.05, 4.69) is 20.8 Å². The second-order valence-corrected chi connectivity index (χ2v) is 8.65. The quantitative estimate of drug-likeness (QED) is 0.316. The van der Waals surface area contributed by atoms with Gasteiger partial charge in [-0.1, -0.05) is 45.8 Å². The lowest BCUT2D eigenvalue weighted by atomic mass is 9.82. The van der Waals surface area contributed by atoms with Crippen LogP contribution in [0.5, 0.6) is 0 Å². The molecule has 0 unspecified atom stereocenters. The molecule has 2 atom stereocenters. The topological polar surface area (TPSA) is 60.4 Å². The van der Waals surface area contributed by atoms with Gasteiger partial charge in [0.1, 0.15) is 11.6 Å². The van der Waals surface area contributed by atoms with Gasteiger partial charge < -0.3 is 4.74 Å². The number of esters is 1. The Bertz CT molecular complexity index is 518. The molecule has 1 aliphatic carbocycles. The number of hydrogen-bond acceptors (Lipinski definition) is 4. The van der Waals surface area contributed by atoms with Gasteiger partial charge in [-0.2, -0.15) is 0 Å². The van der Waals surface area contributed by atoms with E-state index in [1.807, 2.05) is 12.2 Å². The van der Waals surface area contributed by atoms with Crippen molar-refractivity contribution in [2.75, 3.05) is 7.11 Å². The SMILES string of the molecule is CCCCC(C)(C)CCC(=O)CC=CCC[C@H](C(=O)OC)[C@H]1CCCC1=O. The van der Waals surface area contributed by atoms with E-state index < -0.39 is 0 Å². The summed E-state index contributed by atoms with van der Waals surface area (Å²) in [7, 11) is 1.38. The minimum atomic E-state index is -0.343. The molecule has 4 heteroatoms. The molecule has 0 N–H and O–H groups in total. The lowest BCUT2D eigenvalue weighted by Crippen LogP contribution is -2.27. The van der Waals surface area contributed by atoms with E-state index in [4.69, 9.17) is 4.74 Å². The highest BCUT2D eigenvalue weighted by molar-refractivity contribution is 5.88. The lowest BCUT2D eigenvalue weighted by molar-refractivity contribution is -0.149. The number of ether oxygens (including phenoxy) is 1. The van der Waals surface area contributed by atoms with Gasteiger partial charge in [-0.05, 0) is 43.9 Å². The Morgan fingerprint density at radius 1 is 1.26 bits per heavy atom. The van der Waals surface area contributed by atoms with Crippen molar-refractivity contribution >= 4 is 17.5 Å². The monoisotopic (exact) mass is 378 g/mol. The van der Waals surface area contributed by atoms with Crippen LogP contribution in [0, 0.1) is 17.3 Å². The van der Waals surface area contributed by atoms with Gasteiger partial charge in [0.15, 0.2) is 0 Å². The molecule has 0 aromatic rings. The fourth-order valence-electron chi connectivity index (χ4n) is 3.87. The smallest absolute Gasteiger partial charge is 0.309 e. The van der Waals surface area contributed by atoms with Gasteiger partial charge in [0.2, 0.25) is 0 Å². The average Bonchev–Trinajstić information content (AvgIpc) is 3.06. The average molecular weight is 379 g/mol. The molecule has 1 aliphatic rings. The molecule has 0 aliphatic heterocycles. The van der Waals surface area contributed by atoms with E-state index in [1.54, 1.807) is 0 Å². The van der Waals surface area contributed by atoms with Gasteiger partial charge in [0.05, 0.1) is 13.0 Å². The van der Waals surface area contributed by atoms with Crippen molar-refractivity contribution in [1.82, 2.24) is 0 Å². The first-order chi connectivity index (χ1) is 12.8. The zero-order valence-electron chi connectivity index (χ0n) is 17.7. The third-order valence-electron chi connectivity index (χ3n) is 5.79. The summed E-state index contributed by atoms with van der Waals surface area (Å²) in [6.45, 7) is 6.67. The molecule has 0 heterocycles. The van der Waals surface area contributed by atoms with Gasteiger partial charge >= 0.3 is 5.97 Å². The van der Waals surface area contributed by atoms with Gasteiger partial charge in [0, 0.05) is 25.2 Å².